The van der Waals surface area contributed by atoms with Gasteiger partial charge >= 0.3 is 5.97 Å². The van der Waals surface area contributed by atoms with Gasteiger partial charge in [0.25, 0.3) is 0 Å². The van der Waals surface area contributed by atoms with Crippen molar-refractivity contribution in [3.63, 3.8) is 0 Å². The number of anilines is 1. The van der Waals surface area contributed by atoms with Crippen LogP contribution < -0.4 is 14.8 Å². The number of carboxylic acid groups (broad SMARTS) is 1. The van der Waals surface area contributed by atoms with E-state index in [4.69, 9.17) is 9.47 Å². The molecule has 1 amide bonds. The Kier molecular flexibility index (Phi) is 6.88. The second kappa shape index (κ2) is 8.41. The van der Waals surface area contributed by atoms with Gasteiger partial charge in [-0.2, -0.15) is 0 Å². The fraction of sp³-hybridized carbons (Fsp3) is 0.529. The molecule has 128 valence electrons. The highest BCUT2D eigenvalue weighted by Gasteiger charge is 2.24. The molecule has 2 N–H and O–H groups in total. The van der Waals surface area contributed by atoms with Crippen LogP contribution in [0.1, 0.15) is 44.0 Å². The minimum atomic E-state index is -1.10. The first-order valence-electron chi connectivity index (χ1n) is 7.65. The van der Waals surface area contributed by atoms with Crippen LogP contribution in [0.3, 0.4) is 0 Å². The van der Waals surface area contributed by atoms with Gasteiger partial charge in [-0.15, -0.1) is 0 Å². The van der Waals surface area contributed by atoms with E-state index in [0.717, 1.165) is 12.8 Å². The first-order chi connectivity index (χ1) is 10.8. The number of hydrogen-bond donors (Lipinski definition) is 2. The van der Waals surface area contributed by atoms with E-state index in [1.165, 1.54) is 26.4 Å². The van der Waals surface area contributed by atoms with E-state index in [0.29, 0.717) is 11.4 Å². The molecule has 1 aromatic rings. The highest BCUT2D eigenvalue weighted by molar-refractivity contribution is 5.97. The van der Waals surface area contributed by atoms with E-state index in [2.05, 4.69) is 5.32 Å². The van der Waals surface area contributed by atoms with E-state index < -0.39 is 5.97 Å². The zero-order chi connectivity index (χ0) is 17.6. The van der Waals surface area contributed by atoms with Crippen LogP contribution in [-0.2, 0) is 4.79 Å². The third kappa shape index (κ3) is 4.61. The molecule has 1 rings (SSSR count). The second-order valence-electron chi connectivity index (χ2n) is 5.69. The summed E-state index contributed by atoms with van der Waals surface area (Å²) in [6, 6.07) is 2.74. The van der Waals surface area contributed by atoms with E-state index in [-0.39, 0.29) is 29.1 Å². The average molecular weight is 323 g/mol. The van der Waals surface area contributed by atoms with Gasteiger partial charge in [-0.3, -0.25) is 4.79 Å². The highest BCUT2D eigenvalue weighted by Crippen LogP contribution is 2.37. The molecule has 0 aliphatic carbocycles. The normalized spacial score (nSPS) is 11.9. The Morgan fingerprint density at radius 3 is 2.30 bits per heavy atom. The number of nitrogens with one attached hydrogen (secondary N) is 1. The first kappa shape index (κ1) is 18.8. The molecule has 6 nitrogen and oxygen atoms in total. The number of benzene rings is 1. The van der Waals surface area contributed by atoms with Gasteiger partial charge in [-0.1, -0.05) is 27.2 Å². The van der Waals surface area contributed by atoms with Gasteiger partial charge < -0.3 is 19.9 Å². The first-order valence-corrected chi connectivity index (χ1v) is 7.65. The van der Waals surface area contributed by atoms with Crippen molar-refractivity contribution in [3.8, 4) is 11.5 Å². The standard InChI is InChI=1S/C17H25NO5/c1-6-7-12(10(2)3)16(19)18-13-8-11(17(20)21)9-14(22-4)15(13)23-5/h8-10,12H,6-7H2,1-5H3,(H,18,19)(H,20,21). The molecule has 1 aromatic carbocycles. The maximum atomic E-state index is 12.5. The van der Waals surface area contributed by atoms with Crippen molar-refractivity contribution in [1.82, 2.24) is 0 Å². The lowest BCUT2D eigenvalue weighted by Crippen LogP contribution is -2.27. The van der Waals surface area contributed by atoms with Gasteiger partial charge in [0, 0.05) is 5.92 Å². The van der Waals surface area contributed by atoms with E-state index in [1.54, 1.807) is 0 Å². The molecule has 6 heteroatoms. The number of carboxylic acids is 1. The zero-order valence-corrected chi connectivity index (χ0v) is 14.3. The summed E-state index contributed by atoms with van der Waals surface area (Å²) in [6.07, 6.45) is 1.66. The summed E-state index contributed by atoms with van der Waals surface area (Å²) in [7, 11) is 2.86. The predicted octanol–water partition coefficient (Wildman–Crippen LogP) is 3.41. The summed E-state index contributed by atoms with van der Waals surface area (Å²) in [6.45, 7) is 6.01. The lowest BCUT2D eigenvalue weighted by atomic mass is 9.90. The molecular weight excluding hydrogens is 298 g/mol. The van der Waals surface area contributed by atoms with Crippen molar-refractivity contribution < 1.29 is 24.2 Å². The Balaban J connectivity index is 3.21. The van der Waals surface area contributed by atoms with Gasteiger partial charge in [0.15, 0.2) is 11.5 Å². The maximum absolute atomic E-state index is 12.5. The SMILES string of the molecule is CCCC(C(=O)Nc1cc(C(=O)O)cc(OC)c1OC)C(C)C. The molecular formula is C17H25NO5. The highest BCUT2D eigenvalue weighted by atomic mass is 16.5. The Morgan fingerprint density at radius 1 is 1.22 bits per heavy atom. The summed E-state index contributed by atoms with van der Waals surface area (Å²) < 4.78 is 10.4. The van der Waals surface area contributed by atoms with Gasteiger partial charge in [0.05, 0.1) is 25.5 Å². The summed E-state index contributed by atoms with van der Waals surface area (Å²) in [5.74, 6) is -0.640. The van der Waals surface area contributed by atoms with E-state index in [9.17, 15) is 14.7 Å². The molecule has 0 heterocycles. The summed E-state index contributed by atoms with van der Waals surface area (Å²) in [4.78, 5) is 23.8. The molecule has 0 saturated heterocycles. The van der Waals surface area contributed by atoms with Crippen molar-refractivity contribution >= 4 is 17.6 Å². The molecule has 0 bridgehead atoms. The van der Waals surface area contributed by atoms with Crippen LogP contribution in [0.2, 0.25) is 0 Å². The number of carbonyl (C=O) groups excluding carboxylic acids is 1. The van der Waals surface area contributed by atoms with Crippen molar-refractivity contribution in [2.45, 2.75) is 33.6 Å². The largest absolute Gasteiger partial charge is 0.493 e. The van der Waals surface area contributed by atoms with Gasteiger partial charge in [0.1, 0.15) is 0 Å². The minimum absolute atomic E-state index is 0.0227. The lowest BCUT2D eigenvalue weighted by Gasteiger charge is -2.21. The van der Waals surface area contributed by atoms with Crippen LogP contribution in [0, 0.1) is 11.8 Å². The van der Waals surface area contributed by atoms with Crippen LogP contribution >= 0.6 is 0 Å². The van der Waals surface area contributed by atoms with Crippen molar-refractivity contribution in [3.05, 3.63) is 17.7 Å². The van der Waals surface area contributed by atoms with Crippen molar-refractivity contribution in [1.29, 1.82) is 0 Å². The van der Waals surface area contributed by atoms with Crippen LogP contribution in [0.4, 0.5) is 5.69 Å². The molecule has 1 unspecified atom stereocenters. The molecule has 0 spiro atoms. The molecule has 0 aliphatic rings. The van der Waals surface area contributed by atoms with Crippen LogP contribution in [-0.4, -0.2) is 31.2 Å². The van der Waals surface area contributed by atoms with Gasteiger partial charge in [-0.25, -0.2) is 4.79 Å². The third-order valence-corrected chi connectivity index (χ3v) is 3.72. The summed E-state index contributed by atoms with van der Waals surface area (Å²) in [5.41, 5.74) is 0.325. The fourth-order valence-electron chi connectivity index (χ4n) is 2.48. The van der Waals surface area contributed by atoms with E-state index >= 15 is 0 Å². The lowest BCUT2D eigenvalue weighted by molar-refractivity contribution is -0.121. The summed E-state index contributed by atoms with van der Waals surface area (Å²) >= 11 is 0. The molecule has 0 saturated carbocycles. The number of methoxy groups -OCH3 is 2. The van der Waals surface area contributed by atoms with Crippen molar-refractivity contribution in [2.75, 3.05) is 19.5 Å². The Morgan fingerprint density at radius 2 is 1.87 bits per heavy atom. The monoisotopic (exact) mass is 323 g/mol. The number of carbonyl (C=O) groups is 2. The van der Waals surface area contributed by atoms with E-state index in [1.807, 2.05) is 20.8 Å². The summed E-state index contributed by atoms with van der Waals surface area (Å²) in [5, 5.41) is 12.0. The van der Waals surface area contributed by atoms with Crippen LogP contribution in [0.5, 0.6) is 11.5 Å². The third-order valence-electron chi connectivity index (χ3n) is 3.72. The predicted molar refractivity (Wildman–Crippen MR) is 88.4 cm³/mol. The van der Waals surface area contributed by atoms with Gasteiger partial charge in [0.2, 0.25) is 5.91 Å². The molecule has 0 fully saturated rings. The number of aromatic carboxylic acids is 1. The number of hydrogen-bond acceptors (Lipinski definition) is 4. The van der Waals surface area contributed by atoms with Gasteiger partial charge in [-0.05, 0) is 24.5 Å². The van der Waals surface area contributed by atoms with Crippen LogP contribution in [0.15, 0.2) is 12.1 Å². The van der Waals surface area contributed by atoms with Crippen LogP contribution in [0.25, 0.3) is 0 Å². The maximum Gasteiger partial charge on any atom is 0.335 e. The topological polar surface area (TPSA) is 84.9 Å². The Labute approximate surface area is 136 Å². The number of rotatable bonds is 8. The molecule has 23 heavy (non-hydrogen) atoms. The minimum Gasteiger partial charge on any atom is -0.493 e. The molecule has 0 aromatic heterocycles. The number of amides is 1. The average Bonchev–Trinajstić information content (AvgIpc) is 2.50. The van der Waals surface area contributed by atoms with Crippen molar-refractivity contribution in [2.24, 2.45) is 11.8 Å². The fourth-order valence-corrected chi connectivity index (χ4v) is 2.48. The number of ether oxygens (including phenoxy) is 2. The quantitative estimate of drug-likeness (QED) is 0.766. The molecule has 0 aliphatic heterocycles. The molecule has 0 radical (unpaired) electrons. The second-order valence-corrected chi connectivity index (χ2v) is 5.69. The Bertz CT molecular complexity index is 568. The Hall–Kier alpha value is -2.24. The zero-order valence-electron chi connectivity index (χ0n) is 14.3. The smallest absolute Gasteiger partial charge is 0.335 e. The molecule has 1 atom stereocenters.